The van der Waals surface area contributed by atoms with Crippen LogP contribution >= 0.6 is 35.1 Å². The summed E-state index contributed by atoms with van der Waals surface area (Å²) in [5.41, 5.74) is 0.344. The number of rotatable bonds is 7. The number of carbonyl (C=O) groups excluding carboxylic acids is 1. The summed E-state index contributed by atoms with van der Waals surface area (Å²) in [5.74, 6) is 0.357. The van der Waals surface area contributed by atoms with Crippen molar-refractivity contribution in [3.8, 4) is 0 Å². The van der Waals surface area contributed by atoms with Crippen molar-refractivity contribution in [1.29, 1.82) is 0 Å². The molecule has 1 heterocycles. The molecule has 0 fully saturated rings. The van der Waals surface area contributed by atoms with Gasteiger partial charge in [-0.3, -0.25) is 4.79 Å². The highest BCUT2D eigenvalue weighted by Crippen LogP contribution is 2.34. The Morgan fingerprint density at radius 1 is 1.31 bits per heavy atom. The van der Waals surface area contributed by atoms with Crippen molar-refractivity contribution in [2.24, 2.45) is 4.40 Å². The van der Waals surface area contributed by atoms with Crippen LogP contribution < -0.4 is 0 Å². The van der Waals surface area contributed by atoms with Gasteiger partial charge in [0.25, 0.3) is 0 Å². The van der Waals surface area contributed by atoms with Crippen LogP contribution in [0.3, 0.4) is 0 Å². The van der Waals surface area contributed by atoms with Crippen LogP contribution in [0.5, 0.6) is 0 Å². The molecule has 0 amide bonds. The SMILES string of the molecule is CCCCCCCC(Cl)(Cl)C1=NSCC1=O. The van der Waals surface area contributed by atoms with Crippen molar-refractivity contribution in [2.45, 2.75) is 49.8 Å². The number of ketones is 1. The first-order valence-electron chi connectivity index (χ1n) is 5.69. The molecule has 1 aliphatic rings. The molecule has 92 valence electrons. The van der Waals surface area contributed by atoms with E-state index in [-0.39, 0.29) is 5.78 Å². The van der Waals surface area contributed by atoms with E-state index in [0.29, 0.717) is 17.9 Å². The van der Waals surface area contributed by atoms with Gasteiger partial charge in [0, 0.05) is 0 Å². The molecule has 0 aromatic rings. The van der Waals surface area contributed by atoms with E-state index in [0.717, 1.165) is 12.8 Å². The number of hydrogen-bond donors (Lipinski definition) is 0. The lowest BCUT2D eigenvalue weighted by Crippen LogP contribution is -2.31. The summed E-state index contributed by atoms with van der Waals surface area (Å²) < 4.78 is 2.95. The molecule has 0 saturated carbocycles. The molecule has 0 aromatic heterocycles. The average Bonchev–Trinajstić information content (AvgIpc) is 2.65. The van der Waals surface area contributed by atoms with E-state index >= 15 is 0 Å². The molecular weight excluding hydrogens is 265 g/mol. The normalized spacial score (nSPS) is 16.7. The van der Waals surface area contributed by atoms with Gasteiger partial charge in [-0.1, -0.05) is 62.2 Å². The number of nitrogens with zero attached hydrogens (tertiary/aromatic N) is 1. The fourth-order valence-corrected chi connectivity index (χ4v) is 2.98. The number of alkyl halides is 2. The lowest BCUT2D eigenvalue weighted by atomic mass is 10.0. The lowest BCUT2D eigenvalue weighted by Gasteiger charge is -2.17. The molecule has 0 radical (unpaired) electrons. The fourth-order valence-electron chi connectivity index (χ4n) is 1.61. The molecule has 0 saturated heterocycles. The minimum Gasteiger partial charge on any atom is -0.292 e. The predicted molar refractivity (Wildman–Crippen MR) is 72.7 cm³/mol. The van der Waals surface area contributed by atoms with Gasteiger partial charge in [-0.25, -0.2) is 4.40 Å². The Hall–Kier alpha value is 0.270. The van der Waals surface area contributed by atoms with Gasteiger partial charge >= 0.3 is 0 Å². The van der Waals surface area contributed by atoms with E-state index in [4.69, 9.17) is 23.2 Å². The molecule has 2 nitrogen and oxygen atoms in total. The average molecular weight is 282 g/mol. The summed E-state index contributed by atoms with van der Waals surface area (Å²) >= 11 is 13.5. The molecular formula is C11H17Cl2NOS. The van der Waals surface area contributed by atoms with Crippen molar-refractivity contribution in [2.75, 3.05) is 5.75 Å². The molecule has 0 aliphatic carbocycles. The Bertz CT molecular complexity index is 279. The molecule has 1 aliphatic heterocycles. The molecule has 0 spiro atoms. The quantitative estimate of drug-likeness (QED) is 0.398. The highest BCUT2D eigenvalue weighted by atomic mass is 35.5. The zero-order valence-electron chi connectivity index (χ0n) is 9.47. The number of hydrogen-bond acceptors (Lipinski definition) is 3. The summed E-state index contributed by atoms with van der Waals surface area (Å²) in [5, 5.41) is 0. The third-order valence-electron chi connectivity index (χ3n) is 2.56. The summed E-state index contributed by atoms with van der Waals surface area (Å²) in [6, 6.07) is 0. The van der Waals surface area contributed by atoms with Crippen molar-refractivity contribution >= 4 is 46.6 Å². The van der Waals surface area contributed by atoms with Gasteiger partial charge in [0.1, 0.15) is 5.71 Å². The largest absolute Gasteiger partial charge is 0.292 e. The van der Waals surface area contributed by atoms with E-state index in [1.54, 1.807) is 0 Å². The van der Waals surface area contributed by atoms with Gasteiger partial charge in [-0.2, -0.15) is 0 Å². The van der Waals surface area contributed by atoms with Gasteiger partial charge in [0.2, 0.25) is 0 Å². The molecule has 0 bridgehead atoms. The van der Waals surface area contributed by atoms with E-state index in [1.165, 1.54) is 31.2 Å². The van der Waals surface area contributed by atoms with Crippen molar-refractivity contribution in [3.05, 3.63) is 0 Å². The van der Waals surface area contributed by atoms with Crippen LogP contribution in [0.1, 0.15) is 45.4 Å². The monoisotopic (exact) mass is 281 g/mol. The van der Waals surface area contributed by atoms with E-state index in [9.17, 15) is 4.79 Å². The van der Waals surface area contributed by atoms with Crippen molar-refractivity contribution in [3.63, 3.8) is 0 Å². The first-order valence-corrected chi connectivity index (χ1v) is 7.39. The van der Waals surface area contributed by atoms with Crippen LogP contribution in [0, 0.1) is 0 Å². The van der Waals surface area contributed by atoms with Gasteiger partial charge < -0.3 is 0 Å². The Morgan fingerprint density at radius 3 is 2.56 bits per heavy atom. The number of halogens is 2. The molecule has 0 unspecified atom stereocenters. The Morgan fingerprint density at radius 2 is 2.00 bits per heavy atom. The maximum atomic E-state index is 11.4. The first kappa shape index (κ1) is 14.3. The maximum Gasteiger partial charge on any atom is 0.192 e. The van der Waals surface area contributed by atoms with Crippen LogP contribution in [0.25, 0.3) is 0 Å². The molecule has 0 N–H and O–H groups in total. The van der Waals surface area contributed by atoms with Gasteiger partial charge in [0.15, 0.2) is 10.1 Å². The molecule has 0 atom stereocenters. The highest BCUT2D eigenvalue weighted by Gasteiger charge is 2.37. The Labute approximate surface area is 111 Å². The standard InChI is InChI=1S/C11H17Cl2NOS/c1-2-3-4-5-6-7-11(12,13)10-9(15)8-16-14-10/h2-8H2,1H3. The second-order valence-electron chi connectivity index (χ2n) is 4.01. The summed E-state index contributed by atoms with van der Waals surface area (Å²) in [4.78, 5) is 11.4. The highest BCUT2D eigenvalue weighted by molar-refractivity contribution is 7.99. The summed E-state index contributed by atoms with van der Waals surface area (Å²) in [6.07, 6.45) is 6.34. The van der Waals surface area contributed by atoms with Gasteiger partial charge in [-0.05, 0) is 18.4 Å². The lowest BCUT2D eigenvalue weighted by molar-refractivity contribution is -0.110. The topological polar surface area (TPSA) is 29.4 Å². The Balaban J connectivity index is 2.31. The minimum atomic E-state index is -1.08. The third-order valence-corrected chi connectivity index (χ3v) is 4.00. The first-order chi connectivity index (χ1) is 7.58. The second-order valence-corrected chi connectivity index (χ2v) is 6.22. The van der Waals surface area contributed by atoms with Crippen molar-refractivity contribution < 1.29 is 4.79 Å². The van der Waals surface area contributed by atoms with Gasteiger partial charge in [0.05, 0.1) is 5.75 Å². The minimum absolute atomic E-state index is 0.0245. The molecule has 1 rings (SSSR count). The predicted octanol–water partition coefficient (Wildman–Crippen LogP) is 4.19. The molecule has 5 heteroatoms. The van der Waals surface area contributed by atoms with E-state index in [1.807, 2.05) is 0 Å². The number of unbranched alkanes of at least 4 members (excludes halogenated alkanes) is 4. The maximum absolute atomic E-state index is 11.4. The summed E-state index contributed by atoms with van der Waals surface area (Å²) in [7, 11) is 0. The number of carbonyl (C=O) groups is 1. The summed E-state index contributed by atoms with van der Waals surface area (Å²) in [6.45, 7) is 2.18. The van der Waals surface area contributed by atoms with Crippen LogP contribution in [-0.2, 0) is 4.79 Å². The molecule has 16 heavy (non-hydrogen) atoms. The fraction of sp³-hybridized carbons (Fsp3) is 0.818. The number of Topliss-reactive ketones (excluding diaryl/α,β-unsaturated/α-hetero) is 1. The second kappa shape index (κ2) is 6.87. The van der Waals surface area contributed by atoms with Crippen LogP contribution in [0.2, 0.25) is 0 Å². The van der Waals surface area contributed by atoms with Crippen LogP contribution in [0.15, 0.2) is 4.40 Å². The third kappa shape index (κ3) is 4.27. The zero-order valence-corrected chi connectivity index (χ0v) is 11.8. The van der Waals surface area contributed by atoms with E-state index in [2.05, 4.69) is 11.3 Å². The smallest absolute Gasteiger partial charge is 0.192 e. The zero-order chi connectivity index (χ0) is 12.0. The Kier molecular flexibility index (Phi) is 6.16. The van der Waals surface area contributed by atoms with Gasteiger partial charge in [-0.15, -0.1) is 0 Å². The molecule has 0 aromatic carbocycles. The van der Waals surface area contributed by atoms with Crippen LogP contribution in [-0.4, -0.2) is 21.6 Å². The van der Waals surface area contributed by atoms with Crippen LogP contribution in [0.4, 0.5) is 0 Å². The van der Waals surface area contributed by atoms with E-state index < -0.39 is 4.33 Å². The van der Waals surface area contributed by atoms with Crippen molar-refractivity contribution in [1.82, 2.24) is 0 Å².